The molecule has 8 heteroatoms. The Labute approximate surface area is 171 Å². The second-order valence-electron chi connectivity index (χ2n) is 6.92. The van der Waals surface area contributed by atoms with E-state index in [1.165, 1.54) is 24.3 Å². The van der Waals surface area contributed by atoms with Gasteiger partial charge in [-0.3, -0.25) is 9.59 Å². The maximum atomic E-state index is 13.1. The lowest BCUT2D eigenvalue weighted by molar-refractivity contribution is -0.225. The zero-order valence-corrected chi connectivity index (χ0v) is 16.3. The quantitative estimate of drug-likeness (QED) is 0.770. The maximum absolute atomic E-state index is 13.1. The van der Waals surface area contributed by atoms with Crippen LogP contribution in [0.3, 0.4) is 0 Å². The van der Waals surface area contributed by atoms with Crippen LogP contribution in [0.25, 0.3) is 0 Å². The summed E-state index contributed by atoms with van der Waals surface area (Å²) in [7, 11) is 0. The van der Waals surface area contributed by atoms with Crippen LogP contribution in [0.5, 0.6) is 5.75 Å². The fraction of sp³-hybridized carbons (Fsp3) is 0.333. The second kappa shape index (κ2) is 8.00. The molecular formula is C21H19ClFNO5. The van der Waals surface area contributed by atoms with Crippen molar-refractivity contribution in [2.75, 3.05) is 13.1 Å². The van der Waals surface area contributed by atoms with E-state index in [4.69, 9.17) is 25.8 Å². The molecule has 1 spiro atoms. The summed E-state index contributed by atoms with van der Waals surface area (Å²) >= 11 is 6.45. The van der Waals surface area contributed by atoms with Crippen LogP contribution in [0.4, 0.5) is 4.39 Å². The number of nitrogens with one attached hydrogen (secondary N) is 1. The number of carbonyl (C=O) groups is 2. The normalized spacial score (nSPS) is 18.3. The molecule has 0 bridgehead atoms. The number of esters is 2. The van der Waals surface area contributed by atoms with E-state index in [1.807, 2.05) is 0 Å². The van der Waals surface area contributed by atoms with E-state index in [2.05, 4.69) is 5.32 Å². The fourth-order valence-corrected chi connectivity index (χ4v) is 3.82. The standard InChI is InChI=1S/C21H19ClFNO5/c22-18-6-5-17-15(16(18)11-27-14-3-1-13(23)2-4-14)9-10-24-12-21(17)28-19(25)7-8-20(26)29-21/h1-6,24H,7-12H2. The van der Waals surface area contributed by atoms with Crippen LogP contribution in [-0.2, 0) is 37.9 Å². The highest BCUT2D eigenvalue weighted by Crippen LogP contribution is 2.38. The Morgan fingerprint density at radius 2 is 1.72 bits per heavy atom. The molecule has 1 saturated heterocycles. The molecule has 1 N–H and O–H groups in total. The number of rotatable bonds is 3. The highest BCUT2D eigenvalue weighted by molar-refractivity contribution is 6.31. The molecule has 0 amide bonds. The van der Waals surface area contributed by atoms with Gasteiger partial charge >= 0.3 is 11.9 Å². The number of carbonyl (C=O) groups excluding carboxylic acids is 2. The Kier molecular flexibility index (Phi) is 5.43. The van der Waals surface area contributed by atoms with E-state index in [9.17, 15) is 14.0 Å². The van der Waals surface area contributed by atoms with Gasteiger partial charge in [0.15, 0.2) is 0 Å². The average Bonchev–Trinajstić information content (AvgIpc) is 2.95. The molecule has 2 aliphatic rings. The molecule has 2 aliphatic heterocycles. The molecule has 29 heavy (non-hydrogen) atoms. The minimum atomic E-state index is -1.54. The van der Waals surface area contributed by atoms with Crippen LogP contribution in [0, 0.1) is 5.82 Å². The van der Waals surface area contributed by atoms with Crippen LogP contribution in [0.15, 0.2) is 36.4 Å². The summed E-state index contributed by atoms with van der Waals surface area (Å²) < 4.78 is 30.1. The Balaban J connectivity index is 1.72. The van der Waals surface area contributed by atoms with Crippen LogP contribution in [0.1, 0.15) is 29.5 Å². The molecule has 2 aromatic rings. The molecule has 1 fully saturated rings. The Hall–Kier alpha value is -2.64. The van der Waals surface area contributed by atoms with Crippen molar-refractivity contribution >= 4 is 23.5 Å². The smallest absolute Gasteiger partial charge is 0.309 e. The summed E-state index contributed by atoms with van der Waals surface area (Å²) in [4.78, 5) is 24.3. The molecule has 2 heterocycles. The highest BCUT2D eigenvalue weighted by atomic mass is 35.5. The van der Waals surface area contributed by atoms with E-state index in [-0.39, 0.29) is 31.8 Å². The van der Waals surface area contributed by atoms with Crippen molar-refractivity contribution in [3.63, 3.8) is 0 Å². The first kappa shape index (κ1) is 19.7. The van der Waals surface area contributed by atoms with Gasteiger partial charge in [0.25, 0.3) is 5.79 Å². The van der Waals surface area contributed by atoms with Crippen molar-refractivity contribution in [1.82, 2.24) is 5.32 Å². The summed E-state index contributed by atoms with van der Waals surface area (Å²) in [6.45, 7) is 0.858. The SMILES string of the molecule is O=C1CCC(=O)OC2(CNCCc3c2ccc(Cl)c3COc2ccc(F)cc2)O1. The van der Waals surface area contributed by atoms with Crippen LogP contribution >= 0.6 is 11.6 Å². The molecule has 0 aromatic heterocycles. The van der Waals surface area contributed by atoms with Crippen LogP contribution in [-0.4, -0.2) is 25.0 Å². The average molecular weight is 420 g/mol. The molecule has 4 rings (SSSR count). The lowest BCUT2D eigenvalue weighted by atomic mass is 9.93. The van der Waals surface area contributed by atoms with Crippen molar-refractivity contribution in [1.29, 1.82) is 0 Å². The number of hydrogen-bond donors (Lipinski definition) is 1. The van der Waals surface area contributed by atoms with Gasteiger partial charge in [0.1, 0.15) is 18.2 Å². The number of fused-ring (bicyclic) bond motifs is 2. The number of benzene rings is 2. The Bertz CT molecular complexity index is 929. The van der Waals surface area contributed by atoms with Gasteiger partial charge in [0, 0.05) is 16.1 Å². The maximum Gasteiger partial charge on any atom is 0.309 e. The van der Waals surface area contributed by atoms with Gasteiger partial charge in [-0.2, -0.15) is 0 Å². The summed E-state index contributed by atoms with van der Waals surface area (Å²) in [6, 6.07) is 9.07. The predicted octanol–water partition coefficient (Wildman–Crippen LogP) is 3.24. The first-order chi connectivity index (χ1) is 14.0. The zero-order chi connectivity index (χ0) is 20.4. The van der Waals surface area contributed by atoms with Crippen LogP contribution < -0.4 is 10.1 Å². The third kappa shape index (κ3) is 4.06. The minimum absolute atomic E-state index is 0.0238. The monoisotopic (exact) mass is 419 g/mol. The van der Waals surface area contributed by atoms with E-state index in [1.54, 1.807) is 12.1 Å². The molecule has 2 aromatic carbocycles. The molecular weight excluding hydrogens is 401 g/mol. The van der Waals surface area contributed by atoms with Crippen molar-refractivity contribution < 1.29 is 28.2 Å². The molecule has 152 valence electrons. The minimum Gasteiger partial charge on any atom is -0.489 e. The van der Waals surface area contributed by atoms with E-state index in [0.29, 0.717) is 34.9 Å². The van der Waals surface area contributed by atoms with Gasteiger partial charge in [-0.05, 0) is 54.9 Å². The lowest BCUT2D eigenvalue weighted by Gasteiger charge is -2.32. The Morgan fingerprint density at radius 1 is 1.03 bits per heavy atom. The number of ether oxygens (including phenoxy) is 3. The predicted molar refractivity (Wildman–Crippen MR) is 102 cm³/mol. The van der Waals surface area contributed by atoms with Crippen molar-refractivity contribution in [3.8, 4) is 5.75 Å². The van der Waals surface area contributed by atoms with Crippen LogP contribution in [0.2, 0.25) is 5.02 Å². The van der Waals surface area contributed by atoms with Crippen molar-refractivity contribution in [2.45, 2.75) is 31.7 Å². The zero-order valence-electron chi connectivity index (χ0n) is 15.5. The van der Waals surface area contributed by atoms with Gasteiger partial charge in [0.2, 0.25) is 0 Å². The van der Waals surface area contributed by atoms with Gasteiger partial charge < -0.3 is 19.5 Å². The highest BCUT2D eigenvalue weighted by Gasteiger charge is 2.45. The molecule has 0 saturated carbocycles. The van der Waals surface area contributed by atoms with Gasteiger partial charge in [-0.25, -0.2) is 4.39 Å². The third-order valence-electron chi connectivity index (χ3n) is 4.98. The Morgan fingerprint density at radius 3 is 2.41 bits per heavy atom. The summed E-state index contributed by atoms with van der Waals surface area (Å²) in [5.41, 5.74) is 2.08. The first-order valence-electron chi connectivity index (χ1n) is 9.30. The summed E-state index contributed by atoms with van der Waals surface area (Å²) in [5.74, 6) is -2.39. The molecule has 0 aliphatic carbocycles. The van der Waals surface area contributed by atoms with E-state index in [0.717, 1.165) is 5.56 Å². The summed E-state index contributed by atoms with van der Waals surface area (Å²) in [6.07, 6.45) is 0.531. The lowest BCUT2D eigenvalue weighted by Crippen LogP contribution is -2.43. The number of hydrogen-bond acceptors (Lipinski definition) is 6. The third-order valence-corrected chi connectivity index (χ3v) is 5.34. The number of halogens is 2. The molecule has 0 unspecified atom stereocenters. The van der Waals surface area contributed by atoms with E-state index >= 15 is 0 Å². The van der Waals surface area contributed by atoms with E-state index < -0.39 is 17.7 Å². The van der Waals surface area contributed by atoms with Gasteiger partial charge in [-0.15, -0.1) is 0 Å². The summed E-state index contributed by atoms with van der Waals surface area (Å²) in [5, 5.41) is 3.65. The van der Waals surface area contributed by atoms with Gasteiger partial charge in [-0.1, -0.05) is 11.6 Å². The van der Waals surface area contributed by atoms with Crippen molar-refractivity contribution in [3.05, 3.63) is 63.9 Å². The fourth-order valence-electron chi connectivity index (χ4n) is 3.59. The topological polar surface area (TPSA) is 73.9 Å². The second-order valence-corrected chi connectivity index (χ2v) is 7.33. The van der Waals surface area contributed by atoms with Gasteiger partial charge in [0.05, 0.1) is 19.4 Å². The molecule has 6 nitrogen and oxygen atoms in total. The van der Waals surface area contributed by atoms with Crippen molar-refractivity contribution in [2.24, 2.45) is 0 Å². The first-order valence-corrected chi connectivity index (χ1v) is 9.68. The molecule has 0 atom stereocenters. The molecule has 0 radical (unpaired) electrons. The largest absolute Gasteiger partial charge is 0.489 e.